The molecular weight excluding hydrogens is 221 g/mol. The quantitative estimate of drug-likeness (QED) is 0.682. The van der Waals surface area contributed by atoms with E-state index in [2.05, 4.69) is 0 Å². The average Bonchev–Trinajstić information content (AvgIpc) is 2.17. The third kappa shape index (κ3) is 4.49. The fraction of sp³-hybridized carbons (Fsp3) is 0.818. The van der Waals surface area contributed by atoms with Crippen LogP contribution in [-0.2, 0) is 0 Å². The number of allylic oxidation sites excluding steroid dienone is 2. The van der Waals surface area contributed by atoms with Gasteiger partial charge in [0.05, 0.1) is 4.91 Å². The molecule has 1 saturated carbocycles. The van der Waals surface area contributed by atoms with Crippen LogP contribution in [0, 0.1) is 5.92 Å². The molecule has 0 atom stereocenters. The summed E-state index contributed by atoms with van der Waals surface area (Å²) in [6.07, 6.45) is 2.46. The fourth-order valence-corrected chi connectivity index (χ4v) is 2.66. The van der Waals surface area contributed by atoms with Crippen molar-refractivity contribution in [1.82, 2.24) is 0 Å². The molecule has 1 rings (SSSR count). The first-order valence-corrected chi connectivity index (χ1v) is 6.44. The summed E-state index contributed by atoms with van der Waals surface area (Å²) in [6, 6.07) is 0. The van der Waals surface area contributed by atoms with E-state index < -0.39 is 11.1 Å². The molecule has 15 heavy (non-hydrogen) atoms. The molecule has 1 aliphatic rings. The standard InChI is InChI=1S/C11H17F3S/c1-2-15-10(11(12,13)14)8-9-6-4-3-5-7-9/h8-9H,2-7H2,1H3/b10-8-. The largest absolute Gasteiger partial charge is 0.421 e. The van der Waals surface area contributed by atoms with Gasteiger partial charge in [-0.3, -0.25) is 0 Å². The van der Waals surface area contributed by atoms with Gasteiger partial charge in [0.15, 0.2) is 0 Å². The van der Waals surface area contributed by atoms with Gasteiger partial charge >= 0.3 is 6.18 Å². The zero-order valence-corrected chi connectivity index (χ0v) is 9.76. The number of hydrogen-bond donors (Lipinski definition) is 0. The highest BCUT2D eigenvalue weighted by atomic mass is 32.2. The summed E-state index contributed by atoms with van der Waals surface area (Å²) >= 11 is 0.913. The predicted octanol–water partition coefficient (Wildman–Crippen LogP) is 4.77. The number of rotatable bonds is 3. The van der Waals surface area contributed by atoms with Crippen LogP contribution in [-0.4, -0.2) is 11.9 Å². The van der Waals surface area contributed by atoms with Crippen LogP contribution in [0.15, 0.2) is 11.0 Å². The van der Waals surface area contributed by atoms with Crippen molar-refractivity contribution < 1.29 is 13.2 Å². The van der Waals surface area contributed by atoms with Crippen molar-refractivity contribution in [1.29, 1.82) is 0 Å². The molecule has 0 radical (unpaired) electrons. The Morgan fingerprint density at radius 3 is 2.33 bits per heavy atom. The topological polar surface area (TPSA) is 0 Å². The van der Waals surface area contributed by atoms with Gasteiger partial charge in [-0.25, -0.2) is 0 Å². The summed E-state index contributed by atoms with van der Waals surface area (Å²) in [5, 5.41) is 0. The molecule has 0 aromatic rings. The zero-order chi connectivity index (χ0) is 11.3. The second-order valence-corrected chi connectivity index (χ2v) is 5.17. The van der Waals surface area contributed by atoms with E-state index in [1.165, 1.54) is 12.5 Å². The Kier molecular flexibility index (Phi) is 5.03. The van der Waals surface area contributed by atoms with Gasteiger partial charge in [-0.15, -0.1) is 11.8 Å². The van der Waals surface area contributed by atoms with E-state index in [-0.39, 0.29) is 5.92 Å². The molecule has 0 saturated heterocycles. The SMILES string of the molecule is CCS/C(=C\C1CCCCC1)C(F)(F)F. The summed E-state index contributed by atoms with van der Waals surface area (Å²) in [5.74, 6) is 0.632. The van der Waals surface area contributed by atoms with Crippen LogP contribution < -0.4 is 0 Å². The molecule has 1 fully saturated rings. The van der Waals surface area contributed by atoms with Crippen LogP contribution in [0.5, 0.6) is 0 Å². The molecule has 0 amide bonds. The molecule has 4 heteroatoms. The van der Waals surface area contributed by atoms with Gasteiger partial charge < -0.3 is 0 Å². The molecule has 0 aromatic carbocycles. The normalized spacial score (nSPS) is 20.7. The van der Waals surface area contributed by atoms with Crippen molar-refractivity contribution in [3.63, 3.8) is 0 Å². The molecule has 0 spiro atoms. The van der Waals surface area contributed by atoms with Crippen molar-refractivity contribution >= 4 is 11.8 Å². The molecular formula is C11H17F3S. The van der Waals surface area contributed by atoms with Crippen molar-refractivity contribution in [2.45, 2.75) is 45.2 Å². The molecule has 0 nitrogen and oxygen atoms in total. The molecule has 0 aromatic heterocycles. The monoisotopic (exact) mass is 238 g/mol. The molecule has 0 bridgehead atoms. The summed E-state index contributed by atoms with van der Waals surface area (Å²) in [6.45, 7) is 1.76. The lowest BCUT2D eigenvalue weighted by Gasteiger charge is -2.20. The lowest BCUT2D eigenvalue weighted by molar-refractivity contribution is -0.0841. The van der Waals surface area contributed by atoms with Crippen LogP contribution in [0.1, 0.15) is 39.0 Å². The minimum absolute atomic E-state index is 0.148. The van der Waals surface area contributed by atoms with E-state index in [1.807, 2.05) is 0 Å². The van der Waals surface area contributed by atoms with Gasteiger partial charge in [-0.1, -0.05) is 32.3 Å². The maximum Gasteiger partial charge on any atom is 0.421 e. The highest BCUT2D eigenvalue weighted by Gasteiger charge is 2.34. The summed E-state index contributed by atoms with van der Waals surface area (Å²) in [7, 11) is 0. The highest BCUT2D eigenvalue weighted by molar-refractivity contribution is 8.03. The minimum atomic E-state index is -4.15. The van der Waals surface area contributed by atoms with Crippen molar-refractivity contribution in [3.8, 4) is 0 Å². The molecule has 0 unspecified atom stereocenters. The summed E-state index contributed by atoms with van der Waals surface area (Å²) in [4.78, 5) is -0.392. The maximum absolute atomic E-state index is 12.6. The zero-order valence-electron chi connectivity index (χ0n) is 8.94. The number of thioether (sulfide) groups is 1. The molecule has 88 valence electrons. The van der Waals surface area contributed by atoms with Crippen molar-refractivity contribution in [3.05, 3.63) is 11.0 Å². The van der Waals surface area contributed by atoms with E-state index in [1.54, 1.807) is 6.92 Å². The summed E-state index contributed by atoms with van der Waals surface area (Å²) < 4.78 is 37.7. The van der Waals surface area contributed by atoms with Gasteiger partial charge in [0.25, 0.3) is 0 Å². The second-order valence-electron chi connectivity index (χ2n) is 3.86. The third-order valence-corrected chi connectivity index (χ3v) is 3.58. The third-order valence-electron chi connectivity index (χ3n) is 2.62. The number of halogens is 3. The van der Waals surface area contributed by atoms with Crippen LogP contribution >= 0.6 is 11.8 Å². The Morgan fingerprint density at radius 2 is 1.87 bits per heavy atom. The van der Waals surface area contributed by atoms with E-state index in [0.29, 0.717) is 5.75 Å². The maximum atomic E-state index is 12.6. The van der Waals surface area contributed by atoms with E-state index in [4.69, 9.17) is 0 Å². The Balaban J connectivity index is 2.64. The number of alkyl halides is 3. The van der Waals surface area contributed by atoms with Crippen LogP contribution in [0.2, 0.25) is 0 Å². The molecule has 0 N–H and O–H groups in total. The molecule has 1 aliphatic carbocycles. The van der Waals surface area contributed by atoms with E-state index in [9.17, 15) is 13.2 Å². The lowest BCUT2D eigenvalue weighted by Crippen LogP contribution is -2.13. The highest BCUT2D eigenvalue weighted by Crippen LogP contribution is 2.37. The smallest absolute Gasteiger partial charge is 0.166 e. The Hall–Kier alpha value is -0.120. The van der Waals surface area contributed by atoms with E-state index in [0.717, 1.165) is 37.4 Å². The van der Waals surface area contributed by atoms with Crippen molar-refractivity contribution in [2.24, 2.45) is 5.92 Å². The minimum Gasteiger partial charge on any atom is -0.166 e. The Morgan fingerprint density at radius 1 is 1.27 bits per heavy atom. The van der Waals surface area contributed by atoms with Crippen molar-refractivity contribution in [2.75, 3.05) is 5.75 Å². The lowest BCUT2D eigenvalue weighted by atomic mass is 9.89. The van der Waals surface area contributed by atoms with Gasteiger partial charge in [-0.05, 0) is 24.5 Å². The van der Waals surface area contributed by atoms with Gasteiger partial charge in [0.2, 0.25) is 0 Å². The first-order chi connectivity index (χ1) is 7.04. The summed E-state index contributed by atoms with van der Waals surface area (Å²) in [5.41, 5.74) is 0. The average molecular weight is 238 g/mol. The fourth-order valence-electron chi connectivity index (χ4n) is 1.89. The van der Waals surface area contributed by atoms with Crippen LogP contribution in [0.25, 0.3) is 0 Å². The first-order valence-electron chi connectivity index (χ1n) is 5.46. The second kappa shape index (κ2) is 5.83. The Labute approximate surface area is 93.3 Å². The van der Waals surface area contributed by atoms with Gasteiger partial charge in [0, 0.05) is 0 Å². The first kappa shape index (κ1) is 12.9. The van der Waals surface area contributed by atoms with Gasteiger partial charge in [0.1, 0.15) is 0 Å². The Bertz CT molecular complexity index is 214. The van der Waals surface area contributed by atoms with Crippen LogP contribution in [0.3, 0.4) is 0 Å². The van der Waals surface area contributed by atoms with E-state index >= 15 is 0 Å². The number of hydrogen-bond acceptors (Lipinski definition) is 1. The van der Waals surface area contributed by atoms with Gasteiger partial charge in [-0.2, -0.15) is 13.2 Å². The predicted molar refractivity (Wildman–Crippen MR) is 58.8 cm³/mol. The molecule has 0 aliphatic heterocycles. The molecule has 0 heterocycles. The van der Waals surface area contributed by atoms with Crippen LogP contribution in [0.4, 0.5) is 13.2 Å².